The third kappa shape index (κ3) is 3.87. The zero-order chi connectivity index (χ0) is 23.1. The molecular formula is C23H19ClN6O3. The van der Waals surface area contributed by atoms with Crippen LogP contribution in [-0.2, 0) is 17.9 Å². The minimum atomic E-state index is -0.315. The molecule has 5 rings (SSSR count). The van der Waals surface area contributed by atoms with E-state index in [1.54, 1.807) is 35.8 Å². The molecule has 5 aromatic rings. The SMILES string of the molecule is Cc1ccc2c(c1)c1ncn(Cc3nc(C)no3)c(=O)c1n2CC(=O)Nc1ccccc1Cl. The van der Waals surface area contributed by atoms with E-state index >= 15 is 0 Å². The van der Waals surface area contributed by atoms with Gasteiger partial charge in [-0.2, -0.15) is 4.98 Å². The zero-order valence-electron chi connectivity index (χ0n) is 17.9. The fourth-order valence-corrected chi connectivity index (χ4v) is 4.02. The Labute approximate surface area is 192 Å². The van der Waals surface area contributed by atoms with Crippen LogP contribution < -0.4 is 10.9 Å². The van der Waals surface area contributed by atoms with E-state index in [2.05, 4.69) is 20.4 Å². The third-order valence-electron chi connectivity index (χ3n) is 5.31. The second-order valence-corrected chi connectivity index (χ2v) is 8.15. The first-order valence-corrected chi connectivity index (χ1v) is 10.6. The highest BCUT2D eigenvalue weighted by Gasteiger charge is 2.19. The number of anilines is 1. The molecule has 0 saturated heterocycles. The molecule has 0 radical (unpaired) electrons. The summed E-state index contributed by atoms with van der Waals surface area (Å²) in [6, 6.07) is 12.8. The fraction of sp³-hybridized carbons (Fsp3) is 0.174. The monoisotopic (exact) mass is 462 g/mol. The van der Waals surface area contributed by atoms with E-state index in [1.165, 1.54) is 10.9 Å². The van der Waals surface area contributed by atoms with Gasteiger partial charge in [-0.15, -0.1) is 0 Å². The molecule has 2 aromatic carbocycles. The predicted octanol–water partition coefficient (Wildman–Crippen LogP) is 3.69. The van der Waals surface area contributed by atoms with Crippen molar-refractivity contribution in [1.82, 2.24) is 24.3 Å². The highest BCUT2D eigenvalue weighted by molar-refractivity contribution is 6.33. The van der Waals surface area contributed by atoms with E-state index in [1.807, 2.05) is 25.1 Å². The number of fused-ring (bicyclic) bond motifs is 3. The molecule has 0 aliphatic carbocycles. The molecule has 3 heterocycles. The molecule has 0 aliphatic heterocycles. The number of rotatable bonds is 5. The van der Waals surface area contributed by atoms with Gasteiger partial charge in [0.05, 0.1) is 22.6 Å². The second kappa shape index (κ2) is 8.18. The molecule has 10 heteroatoms. The maximum absolute atomic E-state index is 13.5. The number of nitrogens with zero attached hydrogens (tertiary/aromatic N) is 5. The van der Waals surface area contributed by atoms with Crippen molar-refractivity contribution in [3.8, 4) is 0 Å². The molecule has 0 saturated carbocycles. The Kier molecular flexibility index (Phi) is 5.18. The number of aromatic nitrogens is 5. The first kappa shape index (κ1) is 20.9. The van der Waals surface area contributed by atoms with Crippen molar-refractivity contribution in [3.05, 3.63) is 81.4 Å². The number of hydrogen-bond acceptors (Lipinski definition) is 6. The molecule has 166 valence electrons. The molecule has 0 unspecified atom stereocenters. The van der Waals surface area contributed by atoms with Crippen LogP contribution in [0.4, 0.5) is 5.69 Å². The van der Waals surface area contributed by atoms with Gasteiger partial charge in [0, 0.05) is 5.39 Å². The van der Waals surface area contributed by atoms with Crippen LogP contribution in [0.1, 0.15) is 17.3 Å². The molecular weight excluding hydrogens is 444 g/mol. The molecule has 1 amide bonds. The van der Waals surface area contributed by atoms with Crippen molar-refractivity contribution in [2.24, 2.45) is 0 Å². The highest BCUT2D eigenvalue weighted by atomic mass is 35.5. The smallest absolute Gasteiger partial charge is 0.278 e. The third-order valence-corrected chi connectivity index (χ3v) is 5.64. The van der Waals surface area contributed by atoms with Crippen LogP contribution >= 0.6 is 11.6 Å². The van der Waals surface area contributed by atoms with Crippen molar-refractivity contribution in [1.29, 1.82) is 0 Å². The molecule has 0 spiro atoms. The second-order valence-electron chi connectivity index (χ2n) is 7.74. The van der Waals surface area contributed by atoms with Gasteiger partial charge in [-0.1, -0.05) is 40.5 Å². The molecule has 0 fully saturated rings. The number of para-hydroxylation sites is 1. The molecule has 0 bridgehead atoms. The normalized spacial score (nSPS) is 11.4. The number of amides is 1. The van der Waals surface area contributed by atoms with E-state index in [9.17, 15) is 9.59 Å². The predicted molar refractivity (Wildman–Crippen MR) is 124 cm³/mol. The van der Waals surface area contributed by atoms with Crippen LogP contribution in [0.15, 0.2) is 58.1 Å². The minimum Gasteiger partial charge on any atom is -0.337 e. The van der Waals surface area contributed by atoms with Gasteiger partial charge in [0.25, 0.3) is 5.56 Å². The topological polar surface area (TPSA) is 108 Å². The Bertz CT molecular complexity index is 1580. The summed E-state index contributed by atoms with van der Waals surface area (Å²) in [4.78, 5) is 35.1. The molecule has 0 atom stereocenters. The summed E-state index contributed by atoms with van der Waals surface area (Å²) >= 11 is 6.18. The van der Waals surface area contributed by atoms with Gasteiger partial charge in [-0.05, 0) is 38.1 Å². The first-order chi connectivity index (χ1) is 15.9. The summed E-state index contributed by atoms with van der Waals surface area (Å²) in [5.41, 5.74) is 2.81. The summed E-state index contributed by atoms with van der Waals surface area (Å²) in [6.45, 7) is 3.66. The van der Waals surface area contributed by atoms with Crippen molar-refractivity contribution < 1.29 is 9.32 Å². The van der Waals surface area contributed by atoms with Crippen molar-refractivity contribution in [2.75, 3.05) is 5.32 Å². The standard InChI is InChI=1S/C23H19ClN6O3/c1-13-7-8-18-15(9-13)21-22(23(32)29(12-25-21)11-20-26-14(2)28-33-20)30(18)10-19(31)27-17-6-4-3-5-16(17)24/h3-9,12H,10-11H2,1-2H3,(H,27,31). The molecule has 0 aliphatic rings. The maximum Gasteiger partial charge on any atom is 0.278 e. The fourth-order valence-electron chi connectivity index (χ4n) is 3.84. The van der Waals surface area contributed by atoms with Crippen LogP contribution in [0.5, 0.6) is 0 Å². The van der Waals surface area contributed by atoms with Gasteiger partial charge in [-0.3, -0.25) is 14.2 Å². The summed E-state index contributed by atoms with van der Waals surface area (Å²) in [7, 11) is 0. The Hall–Kier alpha value is -3.98. The van der Waals surface area contributed by atoms with E-state index in [0.29, 0.717) is 33.5 Å². The molecule has 9 nitrogen and oxygen atoms in total. The van der Waals surface area contributed by atoms with Crippen LogP contribution in [0.2, 0.25) is 5.02 Å². The lowest BCUT2D eigenvalue weighted by Gasteiger charge is -2.10. The van der Waals surface area contributed by atoms with Gasteiger partial charge in [0.15, 0.2) is 5.82 Å². The van der Waals surface area contributed by atoms with E-state index < -0.39 is 0 Å². The summed E-state index contributed by atoms with van der Waals surface area (Å²) < 4.78 is 8.22. The van der Waals surface area contributed by atoms with Crippen molar-refractivity contribution in [2.45, 2.75) is 26.9 Å². The summed E-state index contributed by atoms with van der Waals surface area (Å²) in [5.74, 6) is 0.462. The lowest BCUT2D eigenvalue weighted by molar-refractivity contribution is -0.116. The van der Waals surface area contributed by atoms with Gasteiger partial charge in [0.2, 0.25) is 11.8 Å². The summed E-state index contributed by atoms with van der Waals surface area (Å²) in [5, 5.41) is 7.81. The van der Waals surface area contributed by atoms with Crippen LogP contribution in [-0.4, -0.2) is 30.2 Å². The molecule has 33 heavy (non-hydrogen) atoms. The number of nitrogens with one attached hydrogen (secondary N) is 1. The number of aryl methyl sites for hydroxylation is 2. The van der Waals surface area contributed by atoms with E-state index in [-0.39, 0.29) is 24.6 Å². The van der Waals surface area contributed by atoms with Crippen LogP contribution in [0.25, 0.3) is 21.9 Å². The maximum atomic E-state index is 13.5. The zero-order valence-corrected chi connectivity index (χ0v) is 18.6. The number of halogens is 1. The van der Waals surface area contributed by atoms with E-state index in [0.717, 1.165) is 16.5 Å². The van der Waals surface area contributed by atoms with E-state index in [4.69, 9.17) is 16.1 Å². The number of benzene rings is 2. The lowest BCUT2D eigenvalue weighted by Crippen LogP contribution is -2.25. The average Bonchev–Trinajstić information content (AvgIpc) is 3.33. The van der Waals surface area contributed by atoms with Gasteiger partial charge in [0.1, 0.15) is 24.1 Å². The summed E-state index contributed by atoms with van der Waals surface area (Å²) in [6.07, 6.45) is 1.46. The minimum absolute atomic E-state index is 0.0784. The molecule has 1 N–H and O–H groups in total. The largest absolute Gasteiger partial charge is 0.337 e. The quantitative estimate of drug-likeness (QED) is 0.426. The highest BCUT2D eigenvalue weighted by Crippen LogP contribution is 2.27. The van der Waals surface area contributed by atoms with Crippen LogP contribution in [0, 0.1) is 13.8 Å². The average molecular weight is 463 g/mol. The lowest BCUT2D eigenvalue weighted by atomic mass is 10.1. The number of hydrogen-bond donors (Lipinski definition) is 1. The van der Waals surface area contributed by atoms with Crippen molar-refractivity contribution >= 4 is 45.1 Å². The number of carbonyl (C=O) groups excluding carboxylic acids is 1. The molecule has 3 aromatic heterocycles. The number of carbonyl (C=O) groups is 1. The van der Waals surface area contributed by atoms with Crippen LogP contribution in [0.3, 0.4) is 0 Å². The van der Waals surface area contributed by atoms with Crippen molar-refractivity contribution in [3.63, 3.8) is 0 Å². The van der Waals surface area contributed by atoms with Gasteiger partial charge < -0.3 is 14.4 Å². The van der Waals surface area contributed by atoms with Gasteiger partial charge >= 0.3 is 0 Å². The Balaban J connectivity index is 1.62. The first-order valence-electron chi connectivity index (χ1n) is 10.2. The Morgan fingerprint density at radius 3 is 2.76 bits per heavy atom. The van der Waals surface area contributed by atoms with Gasteiger partial charge in [-0.25, -0.2) is 4.98 Å². The Morgan fingerprint density at radius 2 is 2.00 bits per heavy atom. The Morgan fingerprint density at radius 1 is 1.18 bits per heavy atom.